The topological polar surface area (TPSA) is 115 Å². The van der Waals surface area contributed by atoms with E-state index in [1.54, 1.807) is 54.2 Å². The molecule has 176 valence electrons. The highest BCUT2D eigenvalue weighted by molar-refractivity contribution is 5.95. The monoisotopic (exact) mass is 469 g/mol. The van der Waals surface area contributed by atoms with Crippen molar-refractivity contribution in [2.75, 3.05) is 31.6 Å². The van der Waals surface area contributed by atoms with E-state index in [0.717, 1.165) is 5.56 Å². The number of hydrogen-bond acceptors (Lipinski definition) is 9. The zero-order chi connectivity index (χ0) is 23.9. The molecule has 5 rings (SSSR count). The van der Waals surface area contributed by atoms with Gasteiger partial charge in [-0.15, -0.1) is 0 Å². The fraction of sp³-hybridized carbons (Fsp3) is 0.200. The van der Waals surface area contributed by atoms with E-state index in [-0.39, 0.29) is 5.91 Å². The molecular weight excluding hydrogens is 446 g/mol. The Morgan fingerprint density at radius 1 is 1.00 bits per heavy atom. The summed E-state index contributed by atoms with van der Waals surface area (Å²) in [4.78, 5) is 35.9. The molecule has 4 heterocycles. The Morgan fingerprint density at radius 3 is 2.77 bits per heavy atom. The van der Waals surface area contributed by atoms with E-state index in [0.29, 0.717) is 67.2 Å². The van der Waals surface area contributed by atoms with Gasteiger partial charge in [-0.05, 0) is 29.8 Å². The summed E-state index contributed by atoms with van der Waals surface area (Å²) in [5.74, 6) is 2.17. The zero-order valence-electron chi connectivity index (χ0n) is 18.9. The van der Waals surface area contributed by atoms with E-state index >= 15 is 0 Å². The molecule has 1 N–H and O–H groups in total. The van der Waals surface area contributed by atoms with Crippen LogP contribution in [0.1, 0.15) is 15.9 Å². The Morgan fingerprint density at radius 2 is 1.91 bits per heavy atom. The summed E-state index contributed by atoms with van der Waals surface area (Å²) in [6, 6.07) is 11.3. The van der Waals surface area contributed by atoms with Crippen molar-refractivity contribution in [2.24, 2.45) is 0 Å². The molecule has 0 atom stereocenters. The highest BCUT2D eigenvalue weighted by Crippen LogP contribution is 2.21. The molecule has 1 aromatic carbocycles. The second kappa shape index (κ2) is 10.7. The van der Waals surface area contributed by atoms with Gasteiger partial charge in [-0.3, -0.25) is 14.8 Å². The molecule has 0 radical (unpaired) electrons. The van der Waals surface area contributed by atoms with Crippen LogP contribution in [0, 0.1) is 0 Å². The number of morpholine rings is 1. The van der Waals surface area contributed by atoms with Gasteiger partial charge < -0.3 is 19.7 Å². The average molecular weight is 470 g/mol. The standard InChI is InChI=1S/C25H23N7O3/c33-25(32-8-10-34-11-9-32)20-13-19(15-27-16-20)24-29-5-4-22(31-24)30-14-18-2-1-3-21(12-18)35-23-17-26-6-7-28-23/h1-7,12-13,15-17H,8-11,14H2,(H,29,30,31). The summed E-state index contributed by atoms with van der Waals surface area (Å²) < 4.78 is 11.1. The van der Waals surface area contributed by atoms with Crippen LogP contribution in [0.5, 0.6) is 11.6 Å². The maximum Gasteiger partial charge on any atom is 0.255 e. The molecule has 0 bridgehead atoms. The van der Waals surface area contributed by atoms with Gasteiger partial charge in [0.05, 0.1) is 25.0 Å². The Hall–Kier alpha value is -4.44. The number of ether oxygens (including phenoxy) is 2. The number of aromatic nitrogens is 5. The lowest BCUT2D eigenvalue weighted by molar-refractivity contribution is 0.0302. The summed E-state index contributed by atoms with van der Waals surface area (Å²) in [5.41, 5.74) is 2.18. The van der Waals surface area contributed by atoms with Gasteiger partial charge in [0.15, 0.2) is 5.82 Å². The molecule has 10 heteroatoms. The van der Waals surface area contributed by atoms with Gasteiger partial charge in [-0.25, -0.2) is 15.0 Å². The molecule has 1 amide bonds. The zero-order valence-corrected chi connectivity index (χ0v) is 18.9. The number of rotatable bonds is 7. The van der Waals surface area contributed by atoms with Gasteiger partial charge in [-0.2, -0.15) is 0 Å². The number of hydrogen-bond donors (Lipinski definition) is 1. The van der Waals surface area contributed by atoms with Crippen molar-refractivity contribution >= 4 is 11.7 Å². The van der Waals surface area contributed by atoms with Crippen LogP contribution in [-0.4, -0.2) is 62.0 Å². The van der Waals surface area contributed by atoms with Crippen LogP contribution in [0.4, 0.5) is 5.82 Å². The Bertz CT molecular complexity index is 1300. The summed E-state index contributed by atoms with van der Waals surface area (Å²) >= 11 is 0. The number of pyridine rings is 1. The molecule has 0 aliphatic carbocycles. The first-order valence-electron chi connectivity index (χ1n) is 11.2. The Balaban J connectivity index is 1.26. The molecule has 1 saturated heterocycles. The predicted molar refractivity (Wildman–Crippen MR) is 128 cm³/mol. The lowest BCUT2D eigenvalue weighted by atomic mass is 10.1. The van der Waals surface area contributed by atoms with Crippen molar-refractivity contribution in [1.82, 2.24) is 29.8 Å². The molecule has 4 aromatic rings. The Labute approximate surface area is 202 Å². The highest BCUT2D eigenvalue weighted by Gasteiger charge is 2.19. The molecule has 1 aliphatic heterocycles. The molecule has 0 unspecified atom stereocenters. The molecule has 3 aromatic heterocycles. The van der Waals surface area contributed by atoms with E-state index in [1.165, 1.54) is 0 Å². The first kappa shape index (κ1) is 22.4. The van der Waals surface area contributed by atoms with Crippen molar-refractivity contribution in [2.45, 2.75) is 6.54 Å². The second-order valence-electron chi connectivity index (χ2n) is 7.78. The normalized spacial score (nSPS) is 13.3. The molecule has 0 saturated carbocycles. The van der Waals surface area contributed by atoms with E-state index in [1.807, 2.05) is 24.3 Å². The minimum Gasteiger partial charge on any atom is -0.437 e. The molecule has 1 aliphatic rings. The summed E-state index contributed by atoms with van der Waals surface area (Å²) in [7, 11) is 0. The first-order valence-corrected chi connectivity index (χ1v) is 11.2. The minimum atomic E-state index is -0.0690. The third kappa shape index (κ3) is 5.74. The van der Waals surface area contributed by atoms with Gasteiger partial charge in [0.2, 0.25) is 5.88 Å². The summed E-state index contributed by atoms with van der Waals surface area (Å²) in [6.45, 7) is 2.77. The van der Waals surface area contributed by atoms with Crippen molar-refractivity contribution in [1.29, 1.82) is 0 Å². The van der Waals surface area contributed by atoms with Crippen LogP contribution >= 0.6 is 0 Å². The number of carbonyl (C=O) groups is 1. The van der Waals surface area contributed by atoms with Crippen molar-refractivity contribution in [3.05, 3.63) is 84.7 Å². The molecule has 1 fully saturated rings. The first-order chi connectivity index (χ1) is 17.2. The van der Waals surface area contributed by atoms with Gasteiger partial charge in [0.1, 0.15) is 11.6 Å². The number of amides is 1. The van der Waals surface area contributed by atoms with E-state index < -0.39 is 0 Å². The number of nitrogens with one attached hydrogen (secondary N) is 1. The average Bonchev–Trinajstić information content (AvgIpc) is 2.93. The van der Waals surface area contributed by atoms with Gasteiger partial charge in [-0.1, -0.05) is 12.1 Å². The van der Waals surface area contributed by atoms with Crippen LogP contribution in [0.25, 0.3) is 11.4 Å². The lowest BCUT2D eigenvalue weighted by Crippen LogP contribution is -2.40. The Kier molecular flexibility index (Phi) is 6.81. The number of anilines is 1. The lowest BCUT2D eigenvalue weighted by Gasteiger charge is -2.26. The van der Waals surface area contributed by atoms with Crippen molar-refractivity contribution in [3.63, 3.8) is 0 Å². The number of nitrogens with zero attached hydrogens (tertiary/aromatic N) is 6. The van der Waals surface area contributed by atoms with Crippen LogP contribution in [0.2, 0.25) is 0 Å². The summed E-state index contributed by atoms with van der Waals surface area (Å²) in [6.07, 6.45) is 9.64. The van der Waals surface area contributed by atoms with Crippen LogP contribution in [0.15, 0.2) is 73.6 Å². The van der Waals surface area contributed by atoms with Gasteiger partial charge >= 0.3 is 0 Å². The fourth-order valence-corrected chi connectivity index (χ4v) is 3.59. The van der Waals surface area contributed by atoms with Crippen molar-refractivity contribution < 1.29 is 14.3 Å². The maximum absolute atomic E-state index is 12.8. The summed E-state index contributed by atoms with van der Waals surface area (Å²) in [5, 5.41) is 3.31. The maximum atomic E-state index is 12.8. The minimum absolute atomic E-state index is 0.0690. The van der Waals surface area contributed by atoms with Gasteiger partial charge in [0, 0.05) is 56.2 Å². The number of benzene rings is 1. The molecular formula is C25H23N7O3. The smallest absolute Gasteiger partial charge is 0.255 e. The quantitative estimate of drug-likeness (QED) is 0.436. The second-order valence-corrected chi connectivity index (χ2v) is 7.78. The third-order valence-corrected chi connectivity index (χ3v) is 5.33. The highest BCUT2D eigenvalue weighted by atomic mass is 16.5. The van der Waals surface area contributed by atoms with Crippen LogP contribution < -0.4 is 10.1 Å². The molecule has 0 spiro atoms. The van der Waals surface area contributed by atoms with Crippen LogP contribution in [0.3, 0.4) is 0 Å². The van der Waals surface area contributed by atoms with E-state index in [9.17, 15) is 4.79 Å². The van der Waals surface area contributed by atoms with E-state index in [4.69, 9.17) is 9.47 Å². The largest absolute Gasteiger partial charge is 0.437 e. The SMILES string of the molecule is O=C(c1cncc(-c2nccc(NCc3cccc(Oc4cnccn4)c3)n2)c1)N1CCOCC1. The van der Waals surface area contributed by atoms with Gasteiger partial charge in [0.25, 0.3) is 5.91 Å². The fourth-order valence-electron chi connectivity index (χ4n) is 3.59. The molecule has 35 heavy (non-hydrogen) atoms. The number of carbonyl (C=O) groups excluding carboxylic acids is 1. The van der Waals surface area contributed by atoms with Crippen molar-refractivity contribution in [3.8, 4) is 23.0 Å². The van der Waals surface area contributed by atoms with Crippen LogP contribution in [-0.2, 0) is 11.3 Å². The van der Waals surface area contributed by atoms with E-state index in [2.05, 4.69) is 30.2 Å². The molecule has 10 nitrogen and oxygen atoms in total. The third-order valence-electron chi connectivity index (χ3n) is 5.33. The predicted octanol–water partition coefficient (Wildman–Crippen LogP) is 3.21.